The molecular weight excluding hydrogens is 507 g/mol. The number of ketones is 1. The fourth-order valence-electron chi connectivity index (χ4n) is 3.25. The Kier molecular flexibility index (Phi) is 11.3. The Labute approximate surface area is 215 Å². The van der Waals surface area contributed by atoms with Gasteiger partial charge in [-0.15, -0.1) is 6.58 Å². The average Bonchev–Trinajstić information content (AvgIpc) is 2.78. The zero-order valence-electron chi connectivity index (χ0n) is 19.7. The molecule has 1 heterocycles. The van der Waals surface area contributed by atoms with Gasteiger partial charge in [-0.2, -0.15) is 5.26 Å². The zero-order valence-corrected chi connectivity index (χ0v) is 22.0. The van der Waals surface area contributed by atoms with E-state index in [4.69, 9.17) is 39.5 Å². The third-order valence-corrected chi connectivity index (χ3v) is 5.94. The van der Waals surface area contributed by atoms with Crippen molar-refractivity contribution in [2.45, 2.75) is 62.8 Å². The van der Waals surface area contributed by atoms with E-state index >= 15 is 0 Å². The lowest BCUT2D eigenvalue weighted by Gasteiger charge is -2.34. The van der Waals surface area contributed by atoms with E-state index in [-0.39, 0.29) is 12.3 Å². The smallest absolute Gasteiger partial charge is 0.325 e. The van der Waals surface area contributed by atoms with E-state index in [0.29, 0.717) is 19.4 Å². The molecule has 12 heteroatoms. The fraction of sp³-hybridized carbons (Fsp3) is 0.682. The van der Waals surface area contributed by atoms with Crippen molar-refractivity contribution in [1.29, 1.82) is 5.26 Å². The molecule has 0 bridgehead atoms. The number of carbonyl (C=O) groups excluding carboxylic acids is 4. The molecule has 190 valence electrons. The van der Waals surface area contributed by atoms with Crippen LogP contribution in [0.4, 0.5) is 0 Å². The molecule has 1 unspecified atom stereocenters. The Balaban J connectivity index is 2.78. The van der Waals surface area contributed by atoms with Gasteiger partial charge >= 0.3 is 5.97 Å². The van der Waals surface area contributed by atoms with Gasteiger partial charge in [0.05, 0.1) is 6.07 Å². The number of hydrazine groups is 1. The second-order valence-electron chi connectivity index (χ2n) is 8.76. The number of Topliss-reactive ketones (excluding diaryl/α,β-unsaturated/α-hetero) is 1. The Hall–Kier alpha value is -1.86. The molecule has 1 saturated heterocycles. The third kappa shape index (κ3) is 8.73. The first kappa shape index (κ1) is 30.2. The molecule has 1 rings (SSSR count). The number of nitrogens with one attached hydrogen (secondary N) is 2. The molecule has 1 fully saturated rings. The summed E-state index contributed by atoms with van der Waals surface area (Å²) < 4.78 is 3.23. The van der Waals surface area contributed by atoms with Gasteiger partial charge in [0, 0.05) is 18.9 Å². The molecule has 0 radical (unpaired) electrons. The molecule has 4 atom stereocenters. The number of hydrogen-bond donors (Lipinski definition) is 2. The highest BCUT2D eigenvalue weighted by molar-refractivity contribution is 6.67. The summed E-state index contributed by atoms with van der Waals surface area (Å²) in [5.74, 6) is -3.00. The van der Waals surface area contributed by atoms with Gasteiger partial charge in [0.25, 0.3) is 5.91 Å². The van der Waals surface area contributed by atoms with Crippen molar-refractivity contribution < 1.29 is 23.9 Å². The first-order valence-corrected chi connectivity index (χ1v) is 12.0. The lowest BCUT2D eigenvalue weighted by atomic mass is 9.79. The number of esters is 1. The largest absolute Gasteiger partial charge is 0.460 e. The monoisotopic (exact) mass is 536 g/mol. The zero-order chi connectivity index (χ0) is 26.3. The van der Waals surface area contributed by atoms with Gasteiger partial charge in [-0.25, -0.2) is 5.43 Å². The Morgan fingerprint density at radius 1 is 1.29 bits per heavy atom. The molecule has 0 aromatic carbocycles. The second kappa shape index (κ2) is 12.7. The Morgan fingerprint density at radius 2 is 1.91 bits per heavy atom. The first-order valence-electron chi connectivity index (χ1n) is 10.8. The van der Waals surface area contributed by atoms with Crippen molar-refractivity contribution >= 4 is 58.4 Å². The van der Waals surface area contributed by atoms with Crippen molar-refractivity contribution in [2.24, 2.45) is 17.3 Å². The van der Waals surface area contributed by atoms with Crippen molar-refractivity contribution in [3.8, 4) is 6.07 Å². The van der Waals surface area contributed by atoms with E-state index in [1.165, 1.54) is 24.9 Å². The molecule has 34 heavy (non-hydrogen) atoms. The van der Waals surface area contributed by atoms with Crippen LogP contribution in [0.2, 0.25) is 0 Å². The molecule has 0 spiro atoms. The number of rotatable bonds is 10. The summed E-state index contributed by atoms with van der Waals surface area (Å²) >= 11 is 16.8. The standard InChI is InChI=1S/C22H31Cl3N4O5/c1-6-21(5,11-26)17(30)10-15(13(2)3)18(31)27-14(4)19(32)29-9-7-8-16(28-29)20(33)34-12-22(23,24)25/h6,13-16,28H,1,7-10,12H2,2-5H3,(H,27,31)/t14-,15-,16-,21?/m0/s1. The minimum atomic E-state index is -1.75. The highest BCUT2D eigenvalue weighted by atomic mass is 35.6. The third-order valence-electron chi connectivity index (χ3n) is 5.61. The molecular formula is C22H31Cl3N4O5. The van der Waals surface area contributed by atoms with Crippen LogP contribution < -0.4 is 10.7 Å². The predicted octanol–water partition coefficient (Wildman–Crippen LogP) is 2.85. The van der Waals surface area contributed by atoms with Crippen LogP contribution in [0, 0.1) is 28.6 Å². The van der Waals surface area contributed by atoms with Crippen LogP contribution in [0.5, 0.6) is 0 Å². The summed E-state index contributed by atoms with van der Waals surface area (Å²) in [5.41, 5.74) is 1.39. The fourth-order valence-corrected chi connectivity index (χ4v) is 3.41. The summed E-state index contributed by atoms with van der Waals surface area (Å²) in [7, 11) is 0. The number of nitriles is 1. The van der Waals surface area contributed by atoms with Gasteiger partial charge in [-0.3, -0.25) is 24.2 Å². The van der Waals surface area contributed by atoms with Crippen LogP contribution in [0.3, 0.4) is 0 Å². The van der Waals surface area contributed by atoms with Crippen LogP contribution in [0.25, 0.3) is 0 Å². The quantitative estimate of drug-likeness (QED) is 0.249. The van der Waals surface area contributed by atoms with E-state index < -0.39 is 57.4 Å². The molecule has 9 nitrogen and oxygen atoms in total. The van der Waals surface area contributed by atoms with E-state index in [9.17, 15) is 24.4 Å². The molecule has 2 N–H and O–H groups in total. The number of halogens is 3. The Morgan fingerprint density at radius 3 is 2.41 bits per heavy atom. The number of allylic oxidation sites excluding steroid dienone is 1. The molecule has 2 amide bonds. The summed E-state index contributed by atoms with van der Waals surface area (Å²) in [4.78, 5) is 50.6. The normalized spacial score (nSPS) is 19.9. The first-order chi connectivity index (χ1) is 15.6. The molecule has 1 aliphatic heterocycles. The maximum Gasteiger partial charge on any atom is 0.325 e. The van der Waals surface area contributed by atoms with Crippen molar-refractivity contribution in [3.63, 3.8) is 0 Å². The predicted molar refractivity (Wildman–Crippen MR) is 129 cm³/mol. The van der Waals surface area contributed by atoms with E-state index in [1.54, 1.807) is 13.8 Å². The molecule has 0 aromatic rings. The van der Waals surface area contributed by atoms with Gasteiger partial charge in [0.2, 0.25) is 9.70 Å². The van der Waals surface area contributed by atoms with E-state index in [2.05, 4.69) is 17.3 Å². The number of amides is 2. The summed E-state index contributed by atoms with van der Waals surface area (Å²) in [6, 6.07) is 0.171. The molecule has 0 aliphatic carbocycles. The maximum atomic E-state index is 12.9. The number of ether oxygens (including phenoxy) is 1. The number of nitrogens with zero attached hydrogens (tertiary/aromatic N) is 2. The van der Waals surface area contributed by atoms with Crippen LogP contribution in [0.1, 0.15) is 47.0 Å². The van der Waals surface area contributed by atoms with Crippen LogP contribution in [0.15, 0.2) is 12.7 Å². The van der Waals surface area contributed by atoms with Crippen molar-refractivity contribution in [1.82, 2.24) is 15.8 Å². The topological polar surface area (TPSA) is 129 Å². The number of alkyl halides is 3. The number of hydrogen-bond acceptors (Lipinski definition) is 7. The van der Waals surface area contributed by atoms with E-state index in [0.717, 1.165) is 0 Å². The Bertz CT molecular complexity index is 839. The van der Waals surface area contributed by atoms with Crippen LogP contribution in [-0.4, -0.2) is 57.6 Å². The summed E-state index contributed by atoms with van der Waals surface area (Å²) in [6.07, 6.45) is 2.03. The van der Waals surface area contributed by atoms with E-state index in [1.807, 2.05) is 6.07 Å². The van der Waals surface area contributed by atoms with Crippen molar-refractivity contribution in [3.05, 3.63) is 12.7 Å². The SMILES string of the molecule is C=CC(C)(C#N)C(=O)C[C@H](C(=O)N[C@@H](C)C(=O)N1CCC[C@@H](C(=O)OCC(Cl)(Cl)Cl)N1)C(C)C. The minimum Gasteiger partial charge on any atom is -0.460 e. The lowest BCUT2D eigenvalue weighted by molar-refractivity contribution is -0.153. The van der Waals surface area contributed by atoms with Crippen LogP contribution >= 0.6 is 34.8 Å². The van der Waals surface area contributed by atoms with Gasteiger partial charge in [-0.05, 0) is 32.6 Å². The van der Waals surface area contributed by atoms with Crippen LogP contribution in [-0.2, 0) is 23.9 Å². The summed E-state index contributed by atoms with van der Waals surface area (Å²) in [5, 5.41) is 13.2. The highest BCUT2D eigenvalue weighted by Gasteiger charge is 2.37. The van der Waals surface area contributed by atoms with Gasteiger partial charge in [-0.1, -0.05) is 54.7 Å². The average molecular weight is 538 g/mol. The lowest BCUT2D eigenvalue weighted by Crippen LogP contribution is -2.60. The summed E-state index contributed by atoms with van der Waals surface area (Å²) in [6.45, 7) is 9.93. The number of carbonyl (C=O) groups is 4. The molecule has 0 saturated carbocycles. The van der Waals surface area contributed by atoms with Gasteiger partial charge in [0.1, 0.15) is 24.1 Å². The minimum absolute atomic E-state index is 0.167. The molecule has 0 aromatic heterocycles. The second-order valence-corrected chi connectivity index (χ2v) is 11.3. The maximum absolute atomic E-state index is 12.9. The van der Waals surface area contributed by atoms with Crippen molar-refractivity contribution in [2.75, 3.05) is 13.2 Å². The van der Waals surface area contributed by atoms with Gasteiger partial charge in [0.15, 0.2) is 5.78 Å². The molecule has 1 aliphatic rings. The highest BCUT2D eigenvalue weighted by Crippen LogP contribution is 2.27. The van der Waals surface area contributed by atoms with Gasteiger partial charge < -0.3 is 10.1 Å².